The van der Waals surface area contributed by atoms with Crippen LogP contribution in [0.3, 0.4) is 0 Å². The lowest BCUT2D eigenvalue weighted by Gasteiger charge is -2.37. The molecular weight excluding hydrogens is 342 g/mol. The largest absolute Gasteiger partial charge is 0.342 e. The van der Waals surface area contributed by atoms with E-state index in [-0.39, 0.29) is 5.91 Å². The molecule has 0 radical (unpaired) electrons. The van der Waals surface area contributed by atoms with E-state index in [1.54, 1.807) is 28.9 Å². The van der Waals surface area contributed by atoms with Crippen molar-refractivity contribution in [1.29, 1.82) is 0 Å². The molecule has 0 aromatic heterocycles. The lowest BCUT2D eigenvalue weighted by atomic mass is 10.1. The highest BCUT2D eigenvalue weighted by Gasteiger charge is 2.35. The van der Waals surface area contributed by atoms with Crippen LogP contribution in [0.2, 0.25) is 0 Å². The Labute approximate surface area is 149 Å². The second-order valence-corrected chi connectivity index (χ2v) is 8.14. The first-order chi connectivity index (χ1) is 11.8. The molecule has 1 aromatic carbocycles. The highest BCUT2D eigenvalue weighted by Crippen LogP contribution is 2.24. The van der Waals surface area contributed by atoms with E-state index < -0.39 is 16.1 Å². The van der Waals surface area contributed by atoms with Crippen molar-refractivity contribution in [2.45, 2.75) is 26.3 Å². The maximum atomic E-state index is 13.0. The van der Waals surface area contributed by atoms with E-state index in [4.69, 9.17) is 0 Å². The minimum atomic E-state index is -3.62. The highest BCUT2D eigenvalue weighted by molar-refractivity contribution is 7.92. The molecule has 1 heterocycles. The number of anilines is 1. The van der Waals surface area contributed by atoms with Crippen molar-refractivity contribution in [3.63, 3.8) is 0 Å². The summed E-state index contributed by atoms with van der Waals surface area (Å²) in [6, 6.07) is 6.30. The van der Waals surface area contributed by atoms with E-state index in [0.29, 0.717) is 38.3 Å². The Morgan fingerprint density at radius 2 is 1.76 bits per heavy atom. The molecule has 1 aromatic rings. The number of hydrogen-bond acceptors (Lipinski definition) is 4. The summed E-state index contributed by atoms with van der Waals surface area (Å²) in [4.78, 5) is 27.0. The molecule has 8 heteroatoms. The summed E-state index contributed by atoms with van der Waals surface area (Å²) in [7, 11) is -3.62. The van der Waals surface area contributed by atoms with E-state index in [1.165, 1.54) is 4.31 Å². The summed E-state index contributed by atoms with van der Waals surface area (Å²) < 4.78 is 26.0. The van der Waals surface area contributed by atoms with Crippen molar-refractivity contribution < 1.29 is 18.0 Å². The third-order valence-electron chi connectivity index (χ3n) is 4.38. The third-order valence-corrected chi connectivity index (χ3v) is 5.56. The summed E-state index contributed by atoms with van der Waals surface area (Å²) in [5, 5.41) is 0. The van der Waals surface area contributed by atoms with Crippen LogP contribution in [0.4, 0.5) is 5.69 Å². The molecular formula is C17H25N3O4S. The molecule has 0 bridgehead atoms. The topological polar surface area (TPSA) is 78.0 Å². The van der Waals surface area contributed by atoms with Crippen LogP contribution in [0.1, 0.15) is 18.9 Å². The molecule has 1 aliphatic heterocycles. The van der Waals surface area contributed by atoms with Gasteiger partial charge in [-0.05, 0) is 25.5 Å². The molecule has 7 nitrogen and oxygen atoms in total. The molecule has 138 valence electrons. The first kappa shape index (κ1) is 19.2. The Kier molecular flexibility index (Phi) is 6.05. The summed E-state index contributed by atoms with van der Waals surface area (Å²) in [5.74, 6) is -0.223. The van der Waals surface area contributed by atoms with E-state index in [9.17, 15) is 18.0 Å². The molecule has 2 rings (SSSR count). The maximum absolute atomic E-state index is 13.0. The van der Waals surface area contributed by atoms with Gasteiger partial charge in [0.15, 0.2) is 0 Å². The molecule has 25 heavy (non-hydrogen) atoms. The van der Waals surface area contributed by atoms with Crippen molar-refractivity contribution in [1.82, 2.24) is 9.80 Å². The van der Waals surface area contributed by atoms with Gasteiger partial charge in [0, 0.05) is 26.2 Å². The van der Waals surface area contributed by atoms with Crippen molar-refractivity contribution in [2.24, 2.45) is 0 Å². The molecule has 2 amide bonds. The standard InChI is InChI=1S/C17H25N3O4S/c1-4-16(17(22)19-11-9-18(13-21)10-12-19)20(25(3,23)24)15-7-5-14(2)6-8-15/h5-8,13,16H,4,9-12H2,1-3H3. The summed E-state index contributed by atoms with van der Waals surface area (Å²) in [5.41, 5.74) is 1.50. The SMILES string of the molecule is CCC(C(=O)N1CCN(C=O)CC1)N(c1ccc(C)cc1)S(C)(=O)=O. The molecule has 0 saturated carbocycles. The van der Waals surface area contributed by atoms with Gasteiger partial charge >= 0.3 is 0 Å². The lowest BCUT2D eigenvalue weighted by molar-refractivity contribution is -0.136. The average molecular weight is 367 g/mol. The van der Waals surface area contributed by atoms with Gasteiger partial charge in [0.25, 0.3) is 0 Å². The van der Waals surface area contributed by atoms with Crippen LogP contribution in [0, 0.1) is 6.92 Å². The lowest BCUT2D eigenvalue weighted by Crippen LogP contribution is -2.55. The van der Waals surface area contributed by atoms with Crippen LogP contribution in [0.5, 0.6) is 0 Å². The molecule has 1 fully saturated rings. The second kappa shape index (κ2) is 7.86. The van der Waals surface area contributed by atoms with Gasteiger partial charge in [0.05, 0.1) is 11.9 Å². The van der Waals surface area contributed by atoms with Crippen molar-refractivity contribution in [3.8, 4) is 0 Å². The number of amides is 2. The number of carbonyl (C=O) groups excluding carboxylic acids is 2. The van der Waals surface area contributed by atoms with Gasteiger partial charge in [-0.3, -0.25) is 13.9 Å². The number of rotatable bonds is 6. The van der Waals surface area contributed by atoms with Crippen LogP contribution < -0.4 is 4.31 Å². The van der Waals surface area contributed by atoms with Crippen molar-refractivity contribution in [3.05, 3.63) is 29.8 Å². The Morgan fingerprint density at radius 3 is 2.20 bits per heavy atom. The van der Waals surface area contributed by atoms with Crippen LogP contribution in [-0.2, 0) is 19.6 Å². The van der Waals surface area contributed by atoms with Crippen LogP contribution >= 0.6 is 0 Å². The number of sulfonamides is 1. The maximum Gasteiger partial charge on any atom is 0.246 e. The molecule has 1 saturated heterocycles. The van der Waals surface area contributed by atoms with Crippen molar-refractivity contribution in [2.75, 3.05) is 36.7 Å². The number of hydrogen-bond donors (Lipinski definition) is 0. The summed E-state index contributed by atoms with van der Waals surface area (Å²) in [6.07, 6.45) is 2.26. The van der Waals surface area contributed by atoms with Gasteiger partial charge in [-0.2, -0.15) is 0 Å². The minimum Gasteiger partial charge on any atom is -0.342 e. The number of benzene rings is 1. The number of carbonyl (C=O) groups is 2. The minimum absolute atomic E-state index is 0.223. The summed E-state index contributed by atoms with van der Waals surface area (Å²) >= 11 is 0. The first-order valence-corrected chi connectivity index (χ1v) is 10.2. The summed E-state index contributed by atoms with van der Waals surface area (Å²) in [6.45, 7) is 5.49. The molecule has 0 N–H and O–H groups in total. The number of nitrogens with zero attached hydrogens (tertiary/aromatic N) is 3. The van der Waals surface area contributed by atoms with Gasteiger partial charge in [-0.25, -0.2) is 8.42 Å². The zero-order chi connectivity index (χ0) is 18.6. The van der Waals surface area contributed by atoms with Crippen LogP contribution in [0.15, 0.2) is 24.3 Å². The van der Waals surface area contributed by atoms with Gasteiger partial charge in [-0.1, -0.05) is 24.6 Å². The Hall–Kier alpha value is -2.09. The smallest absolute Gasteiger partial charge is 0.246 e. The van der Waals surface area contributed by atoms with E-state index in [0.717, 1.165) is 18.2 Å². The highest BCUT2D eigenvalue weighted by atomic mass is 32.2. The van der Waals surface area contributed by atoms with Crippen molar-refractivity contribution >= 4 is 28.0 Å². The monoisotopic (exact) mass is 367 g/mol. The predicted molar refractivity (Wildman–Crippen MR) is 96.8 cm³/mol. The van der Waals surface area contributed by atoms with Crippen LogP contribution in [0.25, 0.3) is 0 Å². The quantitative estimate of drug-likeness (QED) is 0.698. The Morgan fingerprint density at radius 1 is 1.20 bits per heavy atom. The number of aryl methyl sites for hydroxylation is 1. The van der Waals surface area contributed by atoms with Gasteiger partial charge in [-0.15, -0.1) is 0 Å². The zero-order valence-electron chi connectivity index (χ0n) is 14.9. The molecule has 0 spiro atoms. The third kappa shape index (κ3) is 4.50. The molecule has 1 unspecified atom stereocenters. The second-order valence-electron chi connectivity index (χ2n) is 6.29. The first-order valence-electron chi connectivity index (χ1n) is 8.32. The van der Waals surface area contributed by atoms with Gasteiger partial charge in [0.1, 0.15) is 6.04 Å². The molecule has 1 aliphatic rings. The van der Waals surface area contributed by atoms with E-state index in [2.05, 4.69) is 0 Å². The van der Waals surface area contributed by atoms with E-state index >= 15 is 0 Å². The van der Waals surface area contributed by atoms with Gasteiger partial charge in [0.2, 0.25) is 22.3 Å². The van der Waals surface area contributed by atoms with Gasteiger partial charge < -0.3 is 9.80 Å². The van der Waals surface area contributed by atoms with E-state index in [1.807, 2.05) is 19.1 Å². The normalized spacial score (nSPS) is 16.4. The number of piperazine rings is 1. The molecule has 0 aliphatic carbocycles. The zero-order valence-corrected chi connectivity index (χ0v) is 15.7. The average Bonchev–Trinajstić information content (AvgIpc) is 2.59. The predicted octanol–water partition coefficient (Wildman–Crippen LogP) is 0.840. The molecule has 1 atom stereocenters. The Balaban J connectivity index is 2.29. The Bertz CT molecular complexity index is 710. The fraction of sp³-hybridized carbons (Fsp3) is 0.529. The fourth-order valence-electron chi connectivity index (χ4n) is 2.99. The fourth-order valence-corrected chi connectivity index (χ4v) is 4.20. The van der Waals surface area contributed by atoms with Crippen LogP contribution in [-0.4, -0.2) is 69.0 Å².